The Morgan fingerprint density at radius 2 is 1.04 bits per heavy atom. The van der Waals surface area contributed by atoms with Crippen molar-refractivity contribution in [1.82, 2.24) is 0 Å². The Bertz CT molecular complexity index is 401. The summed E-state index contributed by atoms with van der Waals surface area (Å²) in [4.78, 5) is 0. The Morgan fingerprint density at radius 1 is 0.667 bits per heavy atom. The van der Waals surface area contributed by atoms with Gasteiger partial charge in [0.05, 0.1) is 16.2 Å². The number of aliphatic hydroxyl groups excluding tert-OH is 1. The molecule has 0 aliphatic rings. The fraction of sp³-hybridized carbons (Fsp3) is 1.00. The van der Waals surface area contributed by atoms with Crippen molar-refractivity contribution in [3.63, 3.8) is 0 Å². The minimum Gasteiger partial charge on any atom is -0.748 e. The van der Waals surface area contributed by atoms with Crippen molar-refractivity contribution in [2.45, 2.75) is 134 Å². The number of unbranched alkanes of at least 4 members (excludes halogenated alkanes) is 10. The number of hydrogen-bond donors (Lipinski definition) is 1. The van der Waals surface area contributed by atoms with Gasteiger partial charge < -0.3 is 9.66 Å². The Kier molecular flexibility index (Phi) is 23.6. The van der Waals surface area contributed by atoms with Crippen LogP contribution in [0.2, 0.25) is 0 Å². The molecule has 0 aliphatic heterocycles. The minimum absolute atomic E-state index is 0. The van der Waals surface area contributed by atoms with E-state index in [4.69, 9.17) is 0 Å². The third kappa shape index (κ3) is 20.6. The first-order valence-electron chi connectivity index (χ1n) is 11.0. The fourth-order valence-corrected chi connectivity index (χ4v) is 4.36. The number of aliphatic hydroxyl groups is 1. The predicted octanol–water partition coefficient (Wildman–Crippen LogP) is 2.94. The van der Waals surface area contributed by atoms with Crippen LogP contribution in [0.4, 0.5) is 0 Å². The van der Waals surface area contributed by atoms with Gasteiger partial charge in [-0.3, -0.25) is 0 Å². The van der Waals surface area contributed by atoms with Gasteiger partial charge in [0, 0.05) is 5.25 Å². The van der Waals surface area contributed by atoms with Crippen LogP contribution in [0.15, 0.2) is 0 Å². The molecular formula is C21H43KO4S. The zero-order chi connectivity index (χ0) is 19.7. The Hall–Kier alpha value is 1.51. The summed E-state index contributed by atoms with van der Waals surface area (Å²) in [5, 5.41) is 9.28. The van der Waals surface area contributed by atoms with Crippen LogP contribution in [0, 0.1) is 0 Å². The molecule has 0 aliphatic carbocycles. The second-order valence-corrected chi connectivity index (χ2v) is 9.46. The first kappa shape index (κ1) is 30.7. The van der Waals surface area contributed by atoms with Gasteiger partial charge in [0.25, 0.3) is 0 Å². The van der Waals surface area contributed by atoms with Gasteiger partial charge in [0.1, 0.15) is 0 Å². The maximum atomic E-state index is 11.3. The third-order valence-corrected chi connectivity index (χ3v) is 6.53. The van der Waals surface area contributed by atoms with Gasteiger partial charge in [0.15, 0.2) is 0 Å². The van der Waals surface area contributed by atoms with Gasteiger partial charge in [-0.15, -0.1) is 0 Å². The predicted molar refractivity (Wildman–Crippen MR) is 109 cm³/mol. The van der Waals surface area contributed by atoms with Gasteiger partial charge in [-0.2, -0.15) is 0 Å². The molecule has 2 atom stereocenters. The van der Waals surface area contributed by atoms with Crippen molar-refractivity contribution in [1.29, 1.82) is 0 Å². The van der Waals surface area contributed by atoms with Crippen LogP contribution in [0.1, 0.15) is 123 Å². The zero-order valence-electron chi connectivity index (χ0n) is 18.3. The summed E-state index contributed by atoms with van der Waals surface area (Å²) in [7, 11) is -4.14. The maximum Gasteiger partial charge on any atom is 1.00 e. The summed E-state index contributed by atoms with van der Waals surface area (Å²) in [6, 6.07) is 0. The molecule has 27 heavy (non-hydrogen) atoms. The van der Waals surface area contributed by atoms with E-state index in [1.165, 1.54) is 25.7 Å². The SMILES string of the molecule is CCCCCCCC(O)CCCCCCCCC(CCCC)S(=O)(=O)[O-].[K+]. The minimum atomic E-state index is -4.14. The fourth-order valence-electron chi connectivity index (χ4n) is 3.45. The molecule has 0 aromatic rings. The summed E-state index contributed by atoms with van der Waals surface area (Å²) < 4.78 is 33.8. The smallest absolute Gasteiger partial charge is 0.748 e. The van der Waals surface area contributed by atoms with Gasteiger partial charge in [-0.05, 0) is 25.7 Å². The summed E-state index contributed by atoms with van der Waals surface area (Å²) in [6.45, 7) is 4.23. The molecule has 0 bridgehead atoms. The van der Waals surface area contributed by atoms with E-state index in [2.05, 4.69) is 6.92 Å². The summed E-state index contributed by atoms with van der Waals surface area (Å²) in [6.07, 6.45) is 17.0. The average molecular weight is 431 g/mol. The topological polar surface area (TPSA) is 77.4 Å². The molecule has 0 amide bonds. The van der Waals surface area contributed by atoms with Crippen LogP contribution >= 0.6 is 0 Å². The molecule has 0 rings (SSSR count). The molecule has 0 saturated carbocycles. The van der Waals surface area contributed by atoms with E-state index >= 15 is 0 Å². The molecule has 0 aromatic carbocycles. The summed E-state index contributed by atoms with van der Waals surface area (Å²) in [5.74, 6) is 0. The van der Waals surface area contributed by atoms with Gasteiger partial charge in [-0.1, -0.05) is 97.3 Å². The normalized spacial score (nSPS) is 13.9. The molecule has 0 saturated heterocycles. The van der Waals surface area contributed by atoms with Crippen LogP contribution in [0.25, 0.3) is 0 Å². The Balaban J connectivity index is 0. The van der Waals surface area contributed by atoms with Crippen LogP contribution < -0.4 is 51.4 Å². The van der Waals surface area contributed by atoms with Crippen LogP contribution in [-0.4, -0.2) is 29.4 Å². The van der Waals surface area contributed by atoms with Crippen LogP contribution in [0.5, 0.6) is 0 Å². The van der Waals surface area contributed by atoms with Gasteiger partial charge in [-0.25, -0.2) is 8.42 Å². The molecule has 1 N–H and O–H groups in total. The third-order valence-electron chi connectivity index (χ3n) is 5.24. The number of hydrogen-bond acceptors (Lipinski definition) is 4. The molecule has 0 aromatic heterocycles. The van der Waals surface area contributed by atoms with Crippen molar-refractivity contribution in [3.8, 4) is 0 Å². The quantitative estimate of drug-likeness (QED) is 0.194. The molecule has 4 nitrogen and oxygen atoms in total. The average Bonchev–Trinajstić information content (AvgIpc) is 2.58. The van der Waals surface area contributed by atoms with E-state index in [1.54, 1.807) is 0 Å². The standard InChI is InChI=1S/C21H44O4S.K/c1-3-5-7-10-13-16-20(22)17-14-11-8-9-12-15-19-21(18-6-4-2)26(23,24)25;/h20-22H,3-19H2,1-2H3,(H,23,24,25);/q;+1/p-1. The van der Waals surface area contributed by atoms with E-state index in [1.807, 2.05) is 6.92 Å². The first-order chi connectivity index (χ1) is 12.4. The first-order valence-corrected chi connectivity index (χ1v) is 12.5. The summed E-state index contributed by atoms with van der Waals surface area (Å²) in [5.41, 5.74) is 0. The van der Waals surface area contributed by atoms with E-state index < -0.39 is 15.4 Å². The van der Waals surface area contributed by atoms with Crippen LogP contribution in [-0.2, 0) is 10.1 Å². The van der Waals surface area contributed by atoms with E-state index in [9.17, 15) is 18.1 Å². The molecule has 0 radical (unpaired) electrons. The second-order valence-electron chi connectivity index (χ2n) is 7.81. The Labute approximate surface area is 211 Å². The van der Waals surface area contributed by atoms with Crippen molar-refractivity contribution in [2.24, 2.45) is 0 Å². The van der Waals surface area contributed by atoms with Crippen LogP contribution in [0.3, 0.4) is 0 Å². The molecule has 6 heteroatoms. The van der Waals surface area contributed by atoms with Gasteiger partial charge >= 0.3 is 51.4 Å². The second kappa shape index (κ2) is 20.8. The molecule has 2 unspecified atom stereocenters. The zero-order valence-corrected chi connectivity index (χ0v) is 22.2. The van der Waals surface area contributed by atoms with Gasteiger partial charge in [0.2, 0.25) is 0 Å². The largest absolute Gasteiger partial charge is 1.00 e. The molecule has 0 spiro atoms. The van der Waals surface area contributed by atoms with Crippen molar-refractivity contribution >= 4 is 10.1 Å². The Morgan fingerprint density at radius 3 is 1.48 bits per heavy atom. The van der Waals surface area contributed by atoms with Crippen molar-refractivity contribution in [3.05, 3.63) is 0 Å². The summed E-state index contributed by atoms with van der Waals surface area (Å²) >= 11 is 0. The maximum absolute atomic E-state index is 11.3. The molecular weight excluding hydrogens is 387 g/mol. The molecule has 0 fully saturated rings. The van der Waals surface area contributed by atoms with Crippen molar-refractivity contribution in [2.75, 3.05) is 0 Å². The van der Waals surface area contributed by atoms with E-state index in [0.717, 1.165) is 70.6 Å². The molecule has 158 valence electrons. The number of rotatable bonds is 19. The van der Waals surface area contributed by atoms with E-state index in [-0.39, 0.29) is 57.5 Å². The van der Waals surface area contributed by atoms with Crippen molar-refractivity contribution < 1.29 is 69.5 Å². The monoisotopic (exact) mass is 430 g/mol. The van der Waals surface area contributed by atoms with E-state index in [0.29, 0.717) is 12.8 Å². The molecule has 0 heterocycles.